The van der Waals surface area contributed by atoms with E-state index in [1.165, 1.54) is 50.5 Å². The van der Waals surface area contributed by atoms with Crippen molar-refractivity contribution in [3.05, 3.63) is 35.4 Å². The van der Waals surface area contributed by atoms with Gasteiger partial charge < -0.3 is 15.0 Å². The number of hydrogen-bond acceptors (Lipinski definition) is 5. The van der Waals surface area contributed by atoms with Crippen LogP contribution in [0, 0.1) is 6.92 Å². The van der Waals surface area contributed by atoms with Crippen molar-refractivity contribution in [3.63, 3.8) is 0 Å². The largest absolute Gasteiger partial charge is 0.388 e. The zero-order valence-corrected chi connectivity index (χ0v) is 18.3. The van der Waals surface area contributed by atoms with Crippen LogP contribution < -0.4 is 5.32 Å². The molecule has 2 aliphatic heterocycles. The Bertz CT molecular complexity index is 718. The van der Waals surface area contributed by atoms with Crippen LogP contribution in [0.5, 0.6) is 0 Å². The monoisotopic (exact) mass is 415 g/mol. The summed E-state index contributed by atoms with van der Waals surface area (Å²) in [5, 5.41) is 10.4. The number of nitrogens with one attached hydrogen (secondary N) is 1. The summed E-state index contributed by atoms with van der Waals surface area (Å²) in [7, 11) is 0. The predicted octanol–water partition coefficient (Wildman–Crippen LogP) is 4.87. The second-order valence-electron chi connectivity index (χ2n) is 8.85. The highest BCUT2D eigenvalue weighted by Crippen LogP contribution is 2.36. The van der Waals surface area contributed by atoms with Gasteiger partial charge in [-0.15, -0.1) is 5.06 Å². The smallest absolute Gasteiger partial charge is 0.278 e. The summed E-state index contributed by atoms with van der Waals surface area (Å²) in [6.07, 6.45) is 11.7. The molecule has 4 rings (SSSR count). The average molecular weight is 416 g/mol. The van der Waals surface area contributed by atoms with Crippen molar-refractivity contribution < 1.29 is 9.68 Å². The van der Waals surface area contributed by atoms with Crippen molar-refractivity contribution in [2.24, 2.45) is 5.16 Å². The van der Waals surface area contributed by atoms with Gasteiger partial charge in [-0.2, -0.15) is 0 Å². The summed E-state index contributed by atoms with van der Waals surface area (Å²) < 4.78 is 0. The Labute approximate surface area is 179 Å². The predicted molar refractivity (Wildman–Crippen MR) is 120 cm³/mol. The fraction of sp³-hybridized carbons (Fsp3) is 0.652. The third-order valence-corrected chi connectivity index (χ3v) is 6.69. The first-order chi connectivity index (χ1) is 14.1. The van der Waals surface area contributed by atoms with Gasteiger partial charge in [-0.3, -0.25) is 0 Å². The lowest BCUT2D eigenvalue weighted by Crippen LogP contribution is -2.47. The number of benzene rings is 1. The van der Waals surface area contributed by atoms with Crippen LogP contribution in [0.15, 0.2) is 29.4 Å². The molecule has 0 aromatic heterocycles. The van der Waals surface area contributed by atoms with Gasteiger partial charge in [0.15, 0.2) is 0 Å². The Morgan fingerprint density at radius 3 is 2.45 bits per heavy atom. The molecule has 1 spiro atoms. The lowest BCUT2D eigenvalue weighted by molar-refractivity contribution is -0.145. The number of piperidine rings is 1. The second-order valence-corrected chi connectivity index (χ2v) is 9.22. The highest BCUT2D eigenvalue weighted by molar-refractivity contribution is 7.80. The van der Waals surface area contributed by atoms with Crippen LogP contribution in [0.3, 0.4) is 0 Å². The van der Waals surface area contributed by atoms with Crippen molar-refractivity contribution in [2.75, 3.05) is 13.1 Å². The van der Waals surface area contributed by atoms with E-state index in [0.717, 1.165) is 43.6 Å². The van der Waals surface area contributed by atoms with E-state index in [2.05, 4.69) is 41.7 Å². The van der Waals surface area contributed by atoms with E-state index in [1.807, 2.05) is 5.06 Å². The van der Waals surface area contributed by atoms with Crippen LogP contribution in [0.2, 0.25) is 0 Å². The van der Waals surface area contributed by atoms with Gasteiger partial charge in [0, 0.05) is 38.4 Å². The van der Waals surface area contributed by atoms with Crippen molar-refractivity contribution >= 4 is 23.1 Å². The molecule has 1 aromatic carbocycles. The molecule has 0 unspecified atom stereocenters. The van der Waals surface area contributed by atoms with E-state index >= 15 is 0 Å². The maximum absolute atomic E-state index is 5.95. The standard InChI is InChI=1S/C23H33N3O2S/c1-18-9-11-19(12-10-18)21-17-23(28-25-21)13-15-26(16-14-23)27-22(29)24-20-7-5-3-2-4-6-8-20/h9-12,20H,2-8,13-17H2,1H3,(H,24,29). The number of nitrogens with zero attached hydrogens (tertiary/aromatic N) is 2. The van der Waals surface area contributed by atoms with E-state index < -0.39 is 0 Å². The van der Waals surface area contributed by atoms with Gasteiger partial charge in [-0.05, 0) is 37.5 Å². The Morgan fingerprint density at radius 1 is 1.10 bits per heavy atom. The molecule has 5 nitrogen and oxygen atoms in total. The number of hydroxylamine groups is 2. The van der Waals surface area contributed by atoms with Crippen LogP contribution in [0.1, 0.15) is 75.3 Å². The zero-order valence-electron chi connectivity index (χ0n) is 17.5. The highest BCUT2D eigenvalue weighted by Gasteiger charge is 2.43. The molecule has 6 heteroatoms. The zero-order chi connectivity index (χ0) is 20.1. The van der Waals surface area contributed by atoms with Gasteiger partial charge in [0.25, 0.3) is 5.17 Å². The third-order valence-electron chi connectivity index (χ3n) is 6.50. The molecule has 2 fully saturated rings. The lowest BCUT2D eigenvalue weighted by atomic mass is 9.86. The molecule has 1 saturated carbocycles. The number of aryl methyl sites for hydroxylation is 1. The molecule has 0 atom stereocenters. The van der Waals surface area contributed by atoms with Crippen LogP contribution in [0.25, 0.3) is 0 Å². The minimum Gasteiger partial charge on any atom is -0.388 e. The fourth-order valence-electron chi connectivity index (χ4n) is 4.59. The molecular weight excluding hydrogens is 382 g/mol. The Balaban J connectivity index is 1.22. The van der Waals surface area contributed by atoms with E-state index in [-0.39, 0.29) is 5.60 Å². The minimum atomic E-state index is -0.186. The summed E-state index contributed by atoms with van der Waals surface area (Å²) in [5.41, 5.74) is 3.29. The van der Waals surface area contributed by atoms with Crippen LogP contribution >= 0.6 is 12.2 Å². The van der Waals surface area contributed by atoms with Gasteiger partial charge >= 0.3 is 0 Å². The topological polar surface area (TPSA) is 46.1 Å². The number of hydrogen-bond donors (Lipinski definition) is 1. The highest BCUT2D eigenvalue weighted by atomic mass is 32.1. The summed E-state index contributed by atoms with van der Waals surface area (Å²) in [6.45, 7) is 3.72. The Morgan fingerprint density at radius 2 is 1.76 bits per heavy atom. The Hall–Kier alpha value is -1.66. The van der Waals surface area contributed by atoms with Gasteiger partial charge in [0.05, 0.1) is 5.71 Å². The molecule has 1 N–H and O–H groups in total. The summed E-state index contributed by atoms with van der Waals surface area (Å²) >= 11 is 5.48. The molecule has 0 bridgehead atoms. The maximum Gasteiger partial charge on any atom is 0.278 e. The molecule has 1 aliphatic carbocycles. The molecule has 0 radical (unpaired) electrons. The Kier molecular flexibility index (Phi) is 6.70. The SMILES string of the molecule is Cc1ccc(C2=NOC3(CCN(OC(=S)NC4CCCCCCC4)CC3)C2)cc1. The summed E-state index contributed by atoms with van der Waals surface area (Å²) in [6, 6.07) is 8.98. The van der Waals surface area contributed by atoms with Crippen molar-refractivity contribution in [1.29, 1.82) is 0 Å². The fourth-order valence-corrected chi connectivity index (χ4v) is 4.86. The second kappa shape index (κ2) is 9.43. The van der Waals surface area contributed by atoms with E-state index in [0.29, 0.717) is 11.2 Å². The number of oxime groups is 1. The van der Waals surface area contributed by atoms with Crippen LogP contribution in [-0.4, -0.2) is 40.7 Å². The van der Waals surface area contributed by atoms with Crippen LogP contribution in [-0.2, 0) is 9.68 Å². The summed E-state index contributed by atoms with van der Waals surface area (Å²) in [5.74, 6) is 0. The van der Waals surface area contributed by atoms with Crippen LogP contribution in [0.4, 0.5) is 0 Å². The maximum atomic E-state index is 5.95. The number of thiocarbonyl (C=S) groups is 1. The minimum absolute atomic E-state index is 0.186. The van der Waals surface area contributed by atoms with E-state index in [4.69, 9.17) is 21.9 Å². The molecule has 2 heterocycles. The third kappa shape index (κ3) is 5.48. The molecule has 0 amide bonds. The normalized spacial score (nSPS) is 23.0. The molecular formula is C23H33N3O2S. The molecule has 1 aromatic rings. The first-order valence-electron chi connectivity index (χ1n) is 11.2. The van der Waals surface area contributed by atoms with Gasteiger partial charge in [-0.1, -0.05) is 67.1 Å². The number of rotatable bonds is 3. The van der Waals surface area contributed by atoms with E-state index in [1.54, 1.807) is 0 Å². The van der Waals surface area contributed by atoms with Crippen molar-refractivity contribution in [3.8, 4) is 0 Å². The quantitative estimate of drug-likeness (QED) is 0.714. The van der Waals surface area contributed by atoms with Gasteiger partial charge in [-0.25, -0.2) is 0 Å². The first kappa shape index (κ1) is 20.6. The molecule has 1 saturated heterocycles. The first-order valence-corrected chi connectivity index (χ1v) is 11.6. The summed E-state index contributed by atoms with van der Waals surface area (Å²) in [4.78, 5) is 11.9. The van der Waals surface area contributed by atoms with E-state index in [9.17, 15) is 0 Å². The van der Waals surface area contributed by atoms with Gasteiger partial charge in [0.2, 0.25) is 0 Å². The molecule has 3 aliphatic rings. The molecule has 29 heavy (non-hydrogen) atoms. The van der Waals surface area contributed by atoms with Crippen molar-refractivity contribution in [1.82, 2.24) is 10.4 Å². The average Bonchev–Trinajstić information content (AvgIpc) is 3.10. The van der Waals surface area contributed by atoms with Gasteiger partial charge in [0.1, 0.15) is 5.60 Å². The lowest BCUT2D eigenvalue weighted by Gasteiger charge is -2.36. The van der Waals surface area contributed by atoms with Crippen molar-refractivity contribution in [2.45, 2.75) is 82.8 Å². The molecule has 158 valence electrons.